The van der Waals surface area contributed by atoms with Crippen LogP contribution in [0, 0.1) is 9.81 Å². The van der Waals surface area contributed by atoms with Crippen LogP contribution < -0.4 is 0 Å². The molecule has 0 saturated carbocycles. The van der Waals surface area contributed by atoms with Gasteiger partial charge in [-0.15, -0.1) is 0 Å². The molecular weight excluding hydrogens is 172 g/mol. The number of aromatic hydroxyl groups is 1. The van der Waals surface area contributed by atoms with Crippen LogP contribution in [0.15, 0.2) is 28.6 Å². The van der Waals surface area contributed by atoms with Crippen molar-refractivity contribution in [2.24, 2.45) is 10.4 Å². The van der Waals surface area contributed by atoms with Crippen LogP contribution in [-0.4, -0.2) is 5.11 Å². The molecule has 1 rings (SSSR count). The van der Waals surface area contributed by atoms with Gasteiger partial charge in [-0.3, -0.25) is 0 Å². The Bertz CT molecular complexity index is 297. The lowest BCUT2D eigenvalue weighted by Crippen LogP contribution is -1.86. The Labute approximate surface area is 74.3 Å². The third-order valence-corrected chi connectivity index (χ3v) is 1.53. The van der Waals surface area contributed by atoms with Crippen LogP contribution in [0.4, 0.5) is 0 Å². The predicted octanol–water partition coefficient (Wildman–Crippen LogP) is 1.92. The number of phenolic OH excluding ortho intramolecular Hbond substituents is 1. The summed E-state index contributed by atoms with van der Waals surface area (Å²) in [5.74, 6) is 0.0137. The summed E-state index contributed by atoms with van der Waals surface area (Å²) < 4.78 is 0. The molecule has 1 aromatic carbocycles. The maximum atomic E-state index is 9.94. The van der Waals surface area contributed by atoms with Gasteiger partial charge in [-0.2, -0.15) is 9.81 Å². The number of nitroso groups, excluding NO2 is 2. The Morgan fingerprint density at radius 2 is 1.46 bits per heavy atom. The molecule has 0 atom stereocenters. The van der Waals surface area contributed by atoms with Gasteiger partial charge in [0.1, 0.15) is 18.8 Å². The van der Waals surface area contributed by atoms with E-state index in [0.717, 1.165) is 0 Å². The Hall–Kier alpha value is -1.78. The van der Waals surface area contributed by atoms with Gasteiger partial charge in [0.15, 0.2) is 0 Å². The molecule has 0 aliphatic rings. The molecule has 0 heterocycles. The summed E-state index contributed by atoms with van der Waals surface area (Å²) >= 11 is 0. The Morgan fingerprint density at radius 1 is 1.00 bits per heavy atom. The Morgan fingerprint density at radius 3 is 1.85 bits per heavy atom. The summed E-state index contributed by atoms with van der Waals surface area (Å²) in [6, 6.07) is 4.47. The Balaban J connectivity index is 2.95. The zero-order valence-electron chi connectivity index (χ0n) is 6.80. The molecule has 13 heavy (non-hydrogen) atoms. The second-order valence-corrected chi connectivity index (χ2v) is 2.58. The van der Waals surface area contributed by atoms with Gasteiger partial charge in [0.25, 0.3) is 0 Å². The first-order valence-electron chi connectivity index (χ1n) is 3.66. The molecule has 5 heteroatoms. The number of phenols is 1. The van der Waals surface area contributed by atoms with Crippen molar-refractivity contribution in [2.45, 2.75) is 13.1 Å². The standard InChI is InChI=1S/C8H8N2O3/c11-8-2-6(4-9-12)1-7(3-8)5-10-13/h1-3,11H,4-5H2. The first kappa shape index (κ1) is 9.31. The van der Waals surface area contributed by atoms with Gasteiger partial charge < -0.3 is 5.11 Å². The number of nitrogens with zero attached hydrogens (tertiary/aromatic N) is 2. The van der Waals surface area contributed by atoms with Crippen LogP contribution in [0.25, 0.3) is 0 Å². The third-order valence-electron chi connectivity index (χ3n) is 1.53. The van der Waals surface area contributed by atoms with E-state index in [-0.39, 0.29) is 18.8 Å². The molecule has 0 aliphatic carbocycles. The van der Waals surface area contributed by atoms with Crippen LogP contribution in [0.5, 0.6) is 5.75 Å². The van der Waals surface area contributed by atoms with Crippen LogP contribution >= 0.6 is 0 Å². The normalized spacial score (nSPS) is 9.54. The lowest BCUT2D eigenvalue weighted by molar-refractivity contribution is 0.473. The molecule has 5 nitrogen and oxygen atoms in total. The zero-order valence-corrected chi connectivity index (χ0v) is 6.80. The highest BCUT2D eigenvalue weighted by Gasteiger charge is 2.00. The molecule has 0 amide bonds. The molecule has 0 spiro atoms. The van der Waals surface area contributed by atoms with Gasteiger partial charge >= 0.3 is 0 Å². The Kier molecular flexibility index (Phi) is 3.08. The average molecular weight is 180 g/mol. The van der Waals surface area contributed by atoms with E-state index in [1.165, 1.54) is 12.1 Å². The zero-order chi connectivity index (χ0) is 9.68. The molecule has 0 bridgehead atoms. The maximum absolute atomic E-state index is 9.94. The number of hydrogen-bond acceptors (Lipinski definition) is 5. The quantitative estimate of drug-likeness (QED) is 0.719. The van der Waals surface area contributed by atoms with Gasteiger partial charge in [0, 0.05) is 0 Å². The minimum atomic E-state index is -0.0136. The van der Waals surface area contributed by atoms with E-state index in [4.69, 9.17) is 5.11 Å². The van der Waals surface area contributed by atoms with Gasteiger partial charge in [0.2, 0.25) is 0 Å². The van der Waals surface area contributed by atoms with Gasteiger partial charge in [-0.25, -0.2) is 0 Å². The van der Waals surface area contributed by atoms with Crippen molar-refractivity contribution in [3.05, 3.63) is 39.1 Å². The third kappa shape index (κ3) is 2.62. The highest BCUT2D eigenvalue weighted by atomic mass is 16.3. The fourth-order valence-corrected chi connectivity index (χ4v) is 1.07. The van der Waals surface area contributed by atoms with Gasteiger partial charge in [0.05, 0.1) is 0 Å². The highest BCUT2D eigenvalue weighted by molar-refractivity contribution is 5.33. The van der Waals surface area contributed by atoms with Crippen molar-refractivity contribution in [1.29, 1.82) is 0 Å². The summed E-state index contributed by atoms with van der Waals surface area (Å²) in [6.07, 6.45) is 0. The first-order valence-corrected chi connectivity index (χ1v) is 3.66. The van der Waals surface area contributed by atoms with Gasteiger partial charge in [-0.1, -0.05) is 16.4 Å². The highest BCUT2D eigenvalue weighted by Crippen LogP contribution is 2.17. The number of rotatable bonds is 4. The summed E-state index contributed by atoms with van der Waals surface area (Å²) in [5.41, 5.74) is 1.15. The van der Waals surface area contributed by atoms with E-state index >= 15 is 0 Å². The predicted molar refractivity (Wildman–Crippen MR) is 47.1 cm³/mol. The molecular formula is C8H8N2O3. The van der Waals surface area contributed by atoms with Crippen LogP contribution in [-0.2, 0) is 13.1 Å². The summed E-state index contributed by atoms with van der Waals surface area (Å²) in [5, 5.41) is 14.5. The lowest BCUT2D eigenvalue weighted by Gasteiger charge is -2.00. The van der Waals surface area contributed by atoms with Crippen molar-refractivity contribution in [2.75, 3.05) is 0 Å². The average Bonchev–Trinajstić information content (AvgIpc) is 2.04. The van der Waals surface area contributed by atoms with E-state index in [9.17, 15) is 9.81 Å². The molecule has 0 saturated heterocycles. The number of benzene rings is 1. The van der Waals surface area contributed by atoms with Crippen molar-refractivity contribution in [3.8, 4) is 5.75 Å². The van der Waals surface area contributed by atoms with Crippen LogP contribution in [0.3, 0.4) is 0 Å². The lowest BCUT2D eigenvalue weighted by atomic mass is 10.1. The monoisotopic (exact) mass is 180 g/mol. The smallest absolute Gasteiger partial charge is 0.116 e. The van der Waals surface area contributed by atoms with Crippen molar-refractivity contribution in [3.63, 3.8) is 0 Å². The second-order valence-electron chi connectivity index (χ2n) is 2.58. The van der Waals surface area contributed by atoms with E-state index in [0.29, 0.717) is 11.1 Å². The van der Waals surface area contributed by atoms with E-state index in [1.807, 2.05) is 0 Å². The van der Waals surface area contributed by atoms with Gasteiger partial charge in [-0.05, 0) is 23.3 Å². The summed E-state index contributed by atoms with van der Waals surface area (Å²) in [7, 11) is 0. The fraction of sp³-hybridized carbons (Fsp3) is 0.250. The van der Waals surface area contributed by atoms with E-state index in [1.54, 1.807) is 6.07 Å². The van der Waals surface area contributed by atoms with Crippen molar-refractivity contribution < 1.29 is 5.11 Å². The van der Waals surface area contributed by atoms with E-state index < -0.39 is 0 Å². The topological polar surface area (TPSA) is 79.1 Å². The van der Waals surface area contributed by atoms with Crippen molar-refractivity contribution >= 4 is 0 Å². The largest absolute Gasteiger partial charge is 0.508 e. The maximum Gasteiger partial charge on any atom is 0.116 e. The van der Waals surface area contributed by atoms with Crippen LogP contribution in [0.1, 0.15) is 11.1 Å². The second kappa shape index (κ2) is 4.30. The molecule has 0 radical (unpaired) electrons. The molecule has 0 unspecified atom stereocenters. The minimum absolute atomic E-state index is 0.0136. The fourth-order valence-electron chi connectivity index (χ4n) is 1.07. The molecule has 1 aromatic rings. The number of hydrogen-bond donors (Lipinski definition) is 1. The summed E-state index contributed by atoms with van der Waals surface area (Å²) in [4.78, 5) is 19.9. The molecule has 1 N–H and O–H groups in total. The van der Waals surface area contributed by atoms with Crippen molar-refractivity contribution in [1.82, 2.24) is 0 Å². The SMILES string of the molecule is O=NCc1cc(O)cc(CN=O)c1. The molecule has 0 aromatic heterocycles. The minimum Gasteiger partial charge on any atom is -0.508 e. The van der Waals surface area contributed by atoms with Crippen LogP contribution in [0.2, 0.25) is 0 Å². The van der Waals surface area contributed by atoms with E-state index in [2.05, 4.69) is 10.4 Å². The molecule has 68 valence electrons. The molecule has 0 aliphatic heterocycles. The molecule has 0 fully saturated rings. The first-order chi connectivity index (χ1) is 6.26. The summed E-state index contributed by atoms with van der Waals surface area (Å²) in [6.45, 7) is -0.0273.